The number of nitrogens with one attached hydrogen (secondary N) is 1. The molecule has 0 unspecified atom stereocenters. The summed E-state index contributed by atoms with van der Waals surface area (Å²) < 4.78 is 27.7. The van der Waals surface area contributed by atoms with Crippen molar-refractivity contribution in [2.45, 2.75) is 18.2 Å². The van der Waals surface area contributed by atoms with Gasteiger partial charge in [-0.05, 0) is 24.6 Å². The van der Waals surface area contributed by atoms with Crippen molar-refractivity contribution in [1.29, 1.82) is 0 Å². The van der Waals surface area contributed by atoms with Gasteiger partial charge in [-0.25, -0.2) is 13.4 Å². The van der Waals surface area contributed by atoms with Crippen LogP contribution in [0.2, 0.25) is 0 Å². The molecule has 0 radical (unpaired) electrons. The molecule has 2 aromatic carbocycles. The maximum Gasteiger partial charge on any atom is 0.243 e. The summed E-state index contributed by atoms with van der Waals surface area (Å²) in [5.74, 6) is 0.684. The van der Waals surface area contributed by atoms with Gasteiger partial charge in [0.2, 0.25) is 15.9 Å². The molecule has 28 heavy (non-hydrogen) atoms. The van der Waals surface area contributed by atoms with E-state index < -0.39 is 10.0 Å². The maximum atomic E-state index is 13.1. The first-order valence-electron chi connectivity index (χ1n) is 9.26. The summed E-state index contributed by atoms with van der Waals surface area (Å²) in [7, 11) is -3.63. The van der Waals surface area contributed by atoms with Crippen LogP contribution in [0.15, 0.2) is 53.4 Å². The van der Waals surface area contributed by atoms with Crippen molar-refractivity contribution in [2.75, 3.05) is 26.2 Å². The highest BCUT2D eigenvalue weighted by molar-refractivity contribution is 7.89. The van der Waals surface area contributed by atoms with Crippen molar-refractivity contribution in [3.63, 3.8) is 0 Å². The van der Waals surface area contributed by atoms with Gasteiger partial charge in [0.05, 0.1) is 15.9 Å². The summed E-state index contributed by atoms with van der Waals surface area (Å²) in [5.41, 5.74) is 2.34. The number of H-pyrrole nitrogens is 1. The quantitative estimate of drug-likeness (QED) is 0.734. The van der Waals surface area contributed by atoms with Crippen LogP contribution in [0.5, 0.6) is 0 Å². The molecule has 1 saturated heterocycles. The Morgan fingerprint density at radius 3 is 2.57 bits per heavy atom. The molecule has 0 aliphatic carbocycles. The van der Waals surface area contributed by atoms with Gasteiger partial charge in [0.1, 0.15) is 5.82 Å². The van der Waals surface area contributed by atoms with Crippen LogP contribution in [-0.4, -0.2) is 59.7 Å². The van der Waals surface area contributed by atoms with Gasteiger partial charge in [-0.1, -0.05) is 30.3 Å². The minimum atomic E-state index is -3.63. The molecule has 7 nitrogen and oxygen atoms in total. The second-order valence-corrected chi connectivity index (χ2v) is 8.83. The van der Waals surface area contributed by atoms with Crippen LogP contribution in [-0.2, 0) is 14.8 Å². The number of carbonyl (C=O) groups excluding carboxylic acids is 1. The average Bonchev–Trinajstić information content (AvgIpc) is 2.95. The zero-order chi connectivity index (χ0) is 19.7. The molecule has 0 atom stereocenters. The first-order valence-corrected chi connectivity index (χ1v) is 10.7. The Labute approximate surface area is 164 Å². The van der Waals surface area contributed by atoms with Crippen LogP contribution >= 0.6 is 0 Å². The number of aromatic nitrogens is 2. The number of sulfonamides is 1. The summed E-state index contributed by atoms with van der Waals surface area (Å²) in [6, 6.07) is 14.7. The monoisotopic (exact) mass is 398 g/mol. The van der Waals surface area contributed by atoms with E-state index in [1.165, 1.54) is 11.2 Å². The highest BCUT2D eigenvalue weighted by Crippen LogP contribution is 2.25. The van der Waals surface area contributed by atoms with E-state index in [1.807, 2.05) is 30.3 Å². The molecule has 3 aromatic rings. The third-order valence-corrected chi connectivity index (χ3v) is 6.93. The van der Waals surface area contributed by atoms with Crippen molar-refractivity contribution in [3.8, 4) is 11.4 Å². The Morgan fingerprint density at radius 1 is 1.04 bits per heavy atom. The van der Waals surface area contributed by atoms with E-state index in [4.69, 9.17) is 0 Å². The van der Waals surface area contributed by atoms with E-state index in [0.29, 0.717) is 43.9 Å². The topological polar surface area (TPSA) is 86.4 Å². The lowest BCUT2D eigenvalue weighted by atomic mass is 10.2. The number of hydrogen-bond donors (Lipinski definition) is 1. The lowest BCUT2D eigenvalue weighted by Gasteiger charge is -2.21. The second-order valence-electron chi connectivity index (χ2n) is 6.89. The number of fused-ring (bicyclic) bond motifs is 1. The van der Waals surface area contributed by atoms with E-state index in [1.54, 1.807) is 23.1 Å². The van der Waals surface area contributed by atoms with E-state index in [-0.39, 0.29) is 10.8 Å². The van der Waals surface area contributed by atoms with Gasteiger partial charge in [0.25, 0.3) is 0 Å². The summed E-state index contributed by atoms with van der Waals surface area (Å²) in [5, 5.41) is 0. The smallest absolute Gasteiger partial charge is 0.243 e. The van der Waals surface area contributed by atoms with Crippen molar-refractivity contribution in [2.24, 2.45) is 0 Å². The van der Waals surface area contributed by atoms with Crippen molar-refractivity contribution in [1.82, 2.24) is 19.2 Å². The molecule has 1 aromatic heterocycles. The fourth-order valence-corrected chi connectivity index (χ4v) is 4.98. The van der Waals surface area contributed by atoms with Gasteiger partial charge in [-0.15, -0.1) is 0 Å². The van der Waals surface area contributed by atoms with Crippen molar-refractivity contribution < 1.29 is 13.2 Å². The number of nitrogens with zero attached hydrogens (tertiary/aromatic N) is 3. The summed E-state index contributed by atoms with van der Waals surface area (Å²) in [6.07, 6.45) is 0.628. The van der Waals surface area contributed by atoms with Crippen LogP contribution in [0.1, 0.15) is 13.3 Å². The SMILES string of the molecule is CC(=O)N1CCCN(S(=O)(=O)c2ccc3nc(-c4ccccc4)[nH]c3c2)CC1. The third kappa shape index (κ3) is 3.53. The number of carbonyl (C=O) groups is 1. The molecule has 0 spiro atoms. The molecule has 8 heteroatoms. The maximum absolute atomic E-state index is 13.1. The second kappa shape index (κ2) is 7.37. The lowest BCUT2D eigenvalue weighted by molar-refractivity contribution is -0.128. The molecule has 0 bridgehead atoms. The number of aromatic amines is 1. The molecule has 1 amide bonds. The van der Waals surface area contributed by atoms with Gasteiger partial charge in [-0.3, -0.25) is 4.79 Å². The predicted molar refractivity (Wildman–Crippen MR) is 107 cm³/mol. The molecule has 1 fully saturated rings. The van der Waals surface area contributed by atoms with Gasteiger partial charge < -0.3 is 9.88 Å². The highest BCUT2D eigenvalue weighted by atomic mass is 32.2. The predicted octanol–water partition coefficient (Wildman–Crippen LogP) is 2.47. The lowest BCUT2D eigenvalue weighted by Crippen LogP contribution is -2.36. The van der Waals surface area contributed by atoms with E-state index >= 15 is 0 Å². The van der Waals surface area contributed by atoms with Gasteiger partial charge in [0.15, 0.2) is 0 Å². The fraction of sp³-hybridized carbons (Fsp3) is 0.300. The molecule has 0 saturated carbocycles. The molecule has 146 valence electrons. The Hall–Kier alpha value is -2.71. The summed E-state index contributed by atoms with van der Waals surface area (Å²) in [6.45, 7) is 3.22. The van der Waals surface area contributed by atoms with E-state index in [2.05, 4.69) is 9.97 Å². The number of imidazole rings is 1. The minimum Gasteiger partial charge on any atom is -0.342 e. The summed E-state index contributed by atoms with van der Waals surface area (Å²) >= 11 is 0. The first kappa shape index (κ1) is 18.6. The van der Waals surface area contributed by atoms with Crippen LogP contribution in [0.3, 0.4) is 0 Å². The van der Waals surface area contributed by atoms with Crippen molar-refractivity contribution in [3.05, 3.63) is 48.5 Å². The normalized spacial score (nSPS) is 16.2. The van der Waals surface area contributed by atoms with Crippen LogP contribution < -0.4 is 0 Å². The average molecular weight is 398 g/mol. The fourth-order valence-electron chi connectivity index (χ4n) is 3.48. The van der Waals surface area contributed by atoms with Gasteiger partial charge >= 0.3 is 0 Å². The molecular formula is C20H22N4O3S. The minimum absolute atomic E-state index is 0.0217. The van der Waals surface area contributed by atoms with Crippen LogP contribution in [0, 0.1) is 0 Å². The third-order valence-electron chi connectivity index (χ3n) is 5.04. The molecule has 4 rings (SSSR count). The number of benzene rings is 2. The molecule has 2 heterocycles. The Balaban J connectivity index is 1.63. The number of amides is 1. The zero-order valence-corrected chi connectivity index (χ0v) is 16.4. The first-order chi connectivity index (χ1) is 13.4. The Kier molecular flexibility index (Phi) is 4.91. The Bertz CT molecular complexity index is 1110. The standard InChI is InChI=1S/C20H22N4O3S/c1-15(25)23-10-5-11-24(13-12-23)28(26,27)17-8-9-18-19(14-17)22-20(21-18)16-6-3-2-4-7-16/h2-4,6-9,14H,5,10-13H2,1H3,(H,21,22). The van der Waals surface area contributed by atoms with E-state index in [0.717, 1.165) is 11.1 Å². The summed E-state index contributed by atoms with van der Waals surface area (Å²) in [4.78, 5) is 21.3. The van der Waals surface area contributed by atoms with E-state index in [9.17, 15) is 13.2 Å². The highest BCUT2D eigenvalue weighted by Gasteiger charge is 2.28. The van der Waals surface area contributed by atoms with Crippen LogP contribution in [0.25, 0.3) is 22.4 Å². The number of rotatable bonds is 3. The molecule has 1 N–H and O–H groups in total. The van der Waals surface area contributed by atoms with Gasteiger partial charge in [-0.2, -0.15) is 4.31 Å². The van der Waals surface area contributed by atoms with Crippen LogP contribution in [0.4, 0.5) is 0 Å². The Morgan fingerprint density at radius 2 is 1.82 bits per heavy atom. The van der Waals surface area contributed by atoms with Gasteiger partial charge in [0, 0.05) is 38.7 Å². The molecule has 1 aliphatic rings. The molecular weight excluding hydrogens is 376 g/mol. The van der Waals surface area contributed by atoms with Crippen molar-refractivity contribution >= 4 is 27.0 Å². The molecule has 1 aliphatic heterocycles. The largest absolute Gasteiger partial charge is 0.342 e. The number of hydrogen-bond acceptors (Lipinski definition) is 4. The zero-order valence-electron chi connectivity index (χ0n) is 15.6.